The zero-order chi connectivity index (χ0) is 21.4. The van der Waals surface area contributed by atoms with Crippen LogP contribution in [0.3, 0.4) is 0 Å². The predicted octanol–water partition coefficient (Wildman–Crippen LogP) is -2.01. The highest BCUT2D eigenvalue weighted by Crippen LogP contribution is 2.31. The minimum Gasteiger partial charge on any atom is -0.392 e. The zero-order valence-corrected chi connectivity index (χ0v) is 17.4. The fourth-order valence-electron chi connectivity index (χ4n) is 2.21. The SMILES string of the molecule is CC(C)ON=C(C(=O)NC1CN(S(=O)(=O)O)C1=O)C1=CSC(N)N1S(C)(=O)=O. The van der Waals surface area contributed by atoms with E-state index in [0.29, 0.717) is 0 Å². The van der Waals surface area contributed by atoms with Crippen LogP contribution in [0.1, 0.15) is 13.8 Å². The summed E-state index contributed by atoms with van der Waals surface area (Å²) in [5.74, 6) is -2.03. The third-order valence-corrected chi connectivity index (χ3v) is 6.44. The quantitative estimate of drug-likeness (QED) is 0.167. The molecule has 0 bridgehead atoms. The van der Waals surface area contributed by atoms with Crippen LogP contribution in [0.5, 0.6) is 0 Å². The lowest BCUT2D eigenvalue weighted by atomic mass is 10.1. The van der Waals surface area contributed by atoms with E-state index in [9.17, 15) is 26.4 Å². The summed E-state index contributed by atoms with van der Waals surface area (Å²) in [6.07, 6.45) is 0.448. The van der Waals surface area contributed by atoms with Gasteiger partial charge in [0.25, 0.3) is 11.8 Å². The molecule has 0 aromatic carbocycles. The average molecular weight is 458 g/mol. The van der Waals surface area contributed by atoms with E-state index >= 15 is 0 Å². The van der Waals surface area contributed by atoms with Crippen LogP contribution in [0.2, 0.25) is 0 Å². The molecular weight excluding hydrogens is 438 g/mol. The van der Waals surface area contributed by atoms with Crippen molar-refractivity contribution in [1.82, 2.24) is 13.9 Å². The van der Waals surface area contributed by atoms with Gasteiger partial charge in [-0.2, -0.15) is 8.42 Å². The summed E-state index contributed by atoms with van der Waals surface area (Å²) in [4.78, 5) is 29.4. The lowest BCUT2D eigenvalue weighted by molar-refractivity contribution is -0.139. The first-order valence-electron chi connectivity index (χ1n) is 7.68. The van der Waals surface area contributed by atoms with E-state index in [0.717, 1.165) is 22.3 Å². The molecule has 2 rings (SSSR count). The van der Waals surface area contributed by atoms with Crippen molar-refractivity contribution in [2.24, 2.45) is 10.9 Å². The number of carbonyl (C=O) groups excluding carboxylic acids is 2. The van der Waals surface area contributed by atoms with Crippen molar-refractivity contribution < 1.29 is 35.8 Å². The summed E-state index contributed by atoms with van der Waals surface area (Å²) in [6.45, 7) is 2.76. The van der Waals surface area contributed by atoms with Gasteiger partial charge in [0.2, 0.25) is 10.0 Å². The number of β-lactam (4-membered cyclic amide) rings is 1. The summed E-state index contributed by atoms with van der Waals surface area (Å²) in [5, 5.41) is 7.21. The average Bonchev–Trinajstić information content (AvgIpc) is 2.91. The topological polar surface area (TPSA) is 189 Å². The molecule has 0 aliphatic carbocycles. The lowest BCUT2D eigenvalue weighted by Crippen LogP contribution is -2.66. The van der Waals surface area contributed by atoms with Crippen LogP contribution in [0.4, 0.5) is 0 Å². The van der Waals surface area contributed by atoms with Crippen molar-refractivity contribution in [1.29, 1.82) is 0 Å². The van der Waals surface area contributed by atoms with Gasteiger partial charge in [-0.3, -0.25) is 14.1 Å². The van der Waals surface area contributed by atoms with Crippen molar-refractivity contribution in [2.75, 3.05) is 12.8 Å². The van der Waals surface area contributed by atoms with Crippen LogP contribution >= 0.6 is 11.8 Å². The molecule has 0 aromatic rings. The molecule has 0 saturated carbocycles. The molecule has 158 valence electrons. The van der Waals surface area contributed by atoms with E-state index in [1.165, 1.54) is 5.41 Å². The molecule has 2 atom stereocenters. The number of nitrogens with zero attached hydrogens (tertiary/aromatic N) is 3. The van der Waals surface area contributed by atoms with Gasteiger partial charge in [-0.05, 0) is 13.8 Å². The Morgan fingerprint density at radius 3 is 2.50 bits per heavy atom. The second-order valence-corrected chi connectivity index (χ2v) is 10.2. The smallest absolute Gasteiger partial charge is 0.362 e. The van der Waals surface area contributed by atoms with Crippen molar-refractivity contribution in [3.05, 3.63) is 11.1 Å². The van der Waals surface area contributed by atoms with Crippen LogP contribution in [-0.4, -0.2) is 78.0 Å². The van der Waals surface area contributed by atoms with Gasteiger partial charge in [0, 0.05) is 5.41 Å². The molecular formula is C12H19N5O8S3. The van der Waals surface area contributed by atoms with E-state index in [1.54, 1.807) is 13.8 Å². The number of thioether (sulfide) groups is 1. The predicted molar refractivity (Wildman–Crippen MR) is 99.2 cm³/mol. The van der Waals surface area contributed by atoms with Gasteiger partial charge < -0.3 is 15.9 Å². The lowest BCUT2D eigenvalue weighted by Gasteiger charge is -2.35. The first kappa shape index (κ1) is 22.4. The maximum Gasteiger partial charge on any atom is 0.362 e. The molecule has 2 amide bonds. The largest absolute Gasteiger partial charge is 0.392 e. The van der Waals surface area contributed by atoms with E-state index in [4.69, 9.17) is 15.1 Å². The Morgan fingerprint density at radius 1 is 1.43 bits per heavy atom. The Balaban J connectivity index is 2.26. The maximum absolute atomic E-state index is 12.6. The third-order valence-electron chi connectivity index (χ3n) is 3.43. The number of rotatable bonds is 7. The highest BCUT2D eigenvalue weighted by Gasteiger charge is 2.46. The number of nitrogens with one attached hydrogen (secondary N) is 1. The summed E-state index contributed by atoms with van der Waals surface area (Å²) in [6, 6.07) is -1.24. The number of hydrogen-bond donors (Lipinski definition) is 3. The normalized spacial score (nSPS) is 23.6. The van der Waals surface area contributed by atoms with Crippen LogP contribution in [0.25, 0.3) is 0 Å². The number of carbonyl (C=O) groups is 2. The zero-order valence-electron chi connectivity index (χ0n) is 15.0. The first-order valence-corrected chi connectivity index (χ1v) is 11.9. The standard InChI is InChI=1S/C12H19N5O8S3/c1-6(2)25-15-9(8-5-26-12(13)17(8)27(3,20)21)10(18)14-7-4-16(11(7)19)28(22,23)24/h5-7,12H,4,13H2,1-3H3,(H,14,18)(H,22,23,24). The van der Waals surface area contributed by atoms with Crippen LogP contribution in [0.15, 0.2) is 16.3 Å². The van der Waals surface area contributed by atoms with Crippen LogP contribution < -0.4 is 11.1 Å². The Morgan fingerprint density at radius 2 is 2.04 bits per heavy atom. The summed E-state index contributed by atoms with van der Waals surface area (Å²) in [5.41, 5.74) is 4.11. The summed E-state index contributed by atoms with van der Waals surface area (Å²) in [7, 11) is -8.58. The highest BCUT2D eigenvalue weighted by molar-refractivity contribution is 8.03. The molecule has 0 radical (unpaired) electrons. The Labute approximate surface area is 165 Å². The second kappa shape index (κ2) is 7.86. The Kier molecular flexibility index (Phi) is 6.29. The van der Waals surface area contributed by atoms with E-state index < -0.39 is 62.0 Å². The molecule has 2 unspecified atom stereocenters. The molecule has 2 aliphatic rings. The van der Waals surface area contributed by atoms with E-state index in [2.05, 4.69) is 10.5 Å². The fourth-order valence-corrected chi connectivity index (χ4v) is 5.17. The molecule has 28 heavy (non-hydrogen) atoms. The Hall–Kier alpha value is -1.88. The number of nitrogens with two attached hydrogens (primary N) is 1. The van der Waals surface area contributed by atoms with E-state index in [1.807, 2.05) is 0 Å². The minimum atomic E-state index is -4.72. The molecule has 13 nitrogen and oxygen atoms in total. The van der Waals surface area contributed by atoms with Crippen LogP contribution in [-0.2, 0) is 34.8 Å². The number of hydrogen-bond acceptors (Lipinski definition) is 10. The van der Waals surface area contributed by atoms with Gasteiger partial charge >= 0.3 is 10.3 Å². The molecule has 4 N–H and O–H groups in total. The third kappa shape index (κ3) is 4.75. The van der Waals surface area contributed by atoms with Crippen LogP contribution in [0, 0.1) is 0 Å². The fraction of sp³-hybridized carbons (Fsp3) is 0.583. The molecule has 2 heterocycles. The second-order valence-electron chi connectivity index (χ2n) is 6.06. The number of sulfonamides is 1. The van der Waals surface area contributed by atoms with Crippen molar-refractivity contribution >= 4 is 49.6 Å². The van der Waals surface area contributed by atoms with Crippen molar-refractivity contribution in [3.63, 3.8) is 0 Å². The summed E-state index contributed by atoms with van der Waals surface area (Å²) >= 11 is 0.922. The highest BCUT2D eigenvalue weighted by atomic mass is 32.2. The van der Waals surface area contributed by atoms with Gasteiger partial charge in [0.05, 0.1) is 18.5 Å². The van der Waals surface area contributed by atoms with Gasteiger partial charge in [0.1, 0.15) is 17.6 Å². The maximum atomic E-state index is 12.6. The first-order chi connectivity index (χ1) is 12.7. The van der Waals surface area contributed by atoms with Crippen molar-refractivity contribution in [3.8, 4) is 0 Å². The monoisotopic (exact) mass is 457 g/mol. The molecule has 0 aromatic heterocycles. The molecule has 2 aliphatic heterocycles. The molecule has 0 spiro atoms. The number of oxime groups is 1. The minimum absolute atomic E-state index is 0.156. The molecule has 1 fully saturated rings. The van der Waals surface area contributed by atoms with Crippen molar-refractivity contribution in [2.45, 2.75) is 31.5 Å². The van der Waals surface area contributed by atoms with E-state index in [-0.39, 0.29) is 10.0 Å². The van der Waals surface area contributed by atoms with Gasteiger partial charge in [-0.15, -0.1) is 0 Å². The Bertz CT molecular complexity index is 942. The summed E-state index contributed by atoms with van der Waals surface area (Å²) < 4.78 is 55.8. The molecule has 1 saturated heterocycles. The van der Waals surface area contributed by atoms with Gasteiger partial charge in [-0.25, -0.2) is 17.0 Å². The molecule has 16 heteroatoms. The van der Waals surface area contributed by atoms with Gasteiger partial charge in [0.15, 0.2) is 5.71 Å². The van der Waals surface area contributed by atoms with Gasteiger partial charge in [-0.1, -0.05) is 16.9 Å². The number of amides is 2.